The number of nitrogens with zero attached hydrogens (tertiary/aromatic N) is 1. The van der Waals surface area contributed by atoms with Gasteiger partial charge in [-0.3, -0.25) is 4.72 Å². The lowest BCUT2D eigenvalue weighted by Crippen LogP contribution is -2.25. The van der Waals surface area contributed by atoms with Crippen molar-refractivity contribution in [1.82, 2.24) is 4.98 Å². The van der Waals surface area contributed by atoms with Gasteiger partial charge in [0.05, 0.1) is 11.3 Å². The Hall–Kier alpha value is -1.87. The minimum atomic E-state index is -3.54. The number of aromatic carboxylic acids is 1. The average molecular weight is 371 g/mol. The summed E-state index contributed by atoms with van der Waals surface area (Å²) in [6.45, 7) is 4.24. The molecule has 1 aromatic heterocycles. The van der Waals surface area contributed by atoms with Crippen LogP contribution in [0.25, 0.3) is 0 Å². The summed E-state index contributed by atoms with van der Waals surface area (Å²) in [5.41, 5.74) is -0.0272. The van der Waals surface area contributed by atoms with Gasteiger partial charge in [0, 0.05) is 19.8 Å². The molecule has 1 unspecified atom stereocenters. The summed E-state index contributed by atoms with van der Waals surface area (Å²) >= 11 is 0. The Labute approximate surface area is 148 Å². The Kier molecular flexibility index (Phi) is 6.23. The number of anilines is 2. The van der Waals surface area contributed by atoms with E-state index in [4.69, 9.17) is 4.74 Å². The maximum atomic E-state index is 11.8. The van der Waals surface area contributed by atoms with E-state index in [2.05, 4.69) is 21.9 Å². The van der Waals surface area contributed by atoms with Gasteiger partial charge in [0.15, 0.2) is 0 Å². The molecule has 0 spiro atoms. The first-order valence-corrected chi connectivity index (χ1v) is 9.92. The van der Waals surface area contributed by atoms with E-state index in [1.54, 1.807) is 7.11 Å². The number of hydrogen-bond acceptors (Lipinski definition) is 6. The predicted octanol–water partition coefficient (Wildman–Crippen LogP) is 2.01. The fraction of sp³-hybridized carbons (Fsp3) is 0.625. The molecule has 8 nitrogen and oxygen atoms in total. The van der Waals surface area contributed by atoms with Gasteiger partial charge in [0.2, 0.25) is 10.0 Å². The SMILES string of the molecule is CCS(=O)(=O)Nc1cc(C(=O)O)cc(NC(CCOC)[C@H]2C[C@@H]2C)n1. The smallest absolute Gasteiger partial charge is 0.335 e. The lowest BCUT2D eigenvalue weighted by molar-refractivity contribution is 0.0697. The van der Waals surface area contributed by atoms with Gasteiger partial charge in [0.25, 0.3) is 0 Å². The van der Waals surface area contributed by atoms with Gasteiger partial charge in [-0.05, 0) is 43.7 Å². The van der Waals surface area contributed by atoms with E-state index < -0.39 is 16.0 Å². The van der Waals surface area contributed by atoms with Crippen LogP contribution in [0.3, 0.4) is 0 Å². The van der Waals surface area contributed by atoms with E-state index >= 15 is 0 Å². The monoisotopic (exact) mass is 371 g/mol. The van der Waals surface area contributed by atoms with Gasteiger partial charge in [-0.2, -0.15) is 0 Å². The zero-order valence-electron chi connectivity index (χ0n) is 14.7. The molecular formula is C16H25N3O5S. The van der Waals surface area contributed by atoms with Crippen molar-refractivity contribution in [2.24, 2.45) is 11.8 Å². The molecule has 1 aromatic rings. The number of aromatic nitrogens is 1. The standard InChI is InChI=1S/C16H25N3O5S/c1-4-25(22,23)19-15-9-11(16(20)21)8-14(18-15)17-13(5-6-24-3)12-7-10(12)2/h8-10,12-13H,4-7H2,1-3H3,(H,20,21)(H2,17,18,19)/t10-,12-,13?/m0/s1. The molecule has 0 amide bonds. The molecule has 3 atom stereocenters. The first-order valence-electron chi connectivity index (χ1n) is 8.27. The molecule has 0 saturated heterocycles. The Morgan fingerprint density at radius 2 is 2.08 bits per heavy atom. The molecular weight excluding hydrogens is 346 g/mol. The minimum Gasteiger partial charge on any atom is -0.478 e. The number of nitrogens with one attached hydrogen (secondary N) is 2. The summed E-state index contributed by atoms with van der Waals surface area (Å²) in [5, 5.41) is 12.5. The van der Waals surface area contributed by atoms with Gasteiger partial charge in [-0.1, -0.05) is 6.92 Å². The number of hydrogen-bond donors (Lipinski definition) is 3. The summed E-state index contributed by atoms with van der Waals surface area (Å²) in [4.78, 5) is 15.6. The normalized spacial score (nSPS) is 20.8. The highest BCUT2D eigenvalue weighted by atomic mass is 32.2. The first-order chi connectivity index (χ1) is 11.8. The number of ether oxygens (including phenoxy) is 1. The van der Waals surface area contributed by atoms with E-state index in [0.29, 0.717) is 24.3 Å². The van der Waals surface area contributed by atoms with E-state index in [0.717, 1.165) is 12.8 Å². The zero-order chi connectivity index (χ0) is 18.6. The fourth-order valence-electron chi connectivity index (χ4n) is 2.75. The third-order valence-electron chi connectivity index (χ3n) is 4.37. The molecule has 1 aliphatic rings. The molecule has 1 heterocycles. The van der Waals surface area contributed by atoms with Crippen LogP contribution in [0.15, 0.2) is 12.1 Å². The van der Waals surface area contributed by atoms with Crippen molar-refractivity contribution in [3.63, 3.8) is 0 Å². The second kappa shape index (κ2) is 8.01. The predicted molar refractivity (Wildman–Crippen MR) is 95.5 cm³/mol. The molecule has 25 heavy (non-hydrogen) atoms. The molecule has 0 aromatic carbocycles. The molecule has 0 aliphatic heterocycles. The number of carboxylic acid groups (broad SMARTS) is 1. The molecule has 1 fully saturated rings. The van der Waals surface area contributed by atoms with Crippen LogP contribution in [0.1, 0.15) is 37.0 Å². The highest BCUT2D eigenvalue weighted by molar-refractivity contribution is 7.92. The van der Waals surface area contributed by atoms with Crippen LogP contribution >= 0.6 is 0 Å². The van der Waals surface area contributed by atoms with Crippen molar-refractivity contribution < 1.29 is 23.1 Å². The van der Waals surface area contributed by atoms with Gasteiger partial charge >= 0.3 is 5.97 Å². The molecule has 140 valence electrons. The summed E-state index contributed by atoms with van der Waals surface area (Å²) in [6, 6.07) is 2.73. The molecule has 0 bridgehead atoms. The molecule has 9 heteroatoms. The van der Waals surface area contributed by atoms with Gasteiger partial charge in [0.1, 0.15) is 11.6 Å². The van der Waals surface area contributed by atoms with Crippen LogP contribution in [0, 0.1) is 11.8 Å². The summed E-state index contributed by atoms with van der Waals surface area (Å²) < 4.78 is 31.0. The number of sulfonamides is 1. The lowest BCUT2D eigenvalue weighted by Gasteiger charge is -2.20. The molecule has 3 N–H and O–H groups in total. The molecule has 1 aliphatic carbocycles. The Morgan fingerprint density at radius 1 is 1.44 bits per heavy atom. The fourth-order valence-corrected chi connectivity index (χ4v) is 3.32. The Morgan fingerprint density at radius 3 is 2.60 bits per heavy atom. The van der Waals surface area contributed by atoms with E-state index in [-0.39, 0.29) is 23.2 Å². The van der Waals surface area contributed by atoms with Crippen molar-refractivity contribution in [3.05, 3.63) is 17.7 Å². The second-order valence-corrected chi connectivity index (χ2v) is 8.36. The van der Waals surface area contributed by atoms with E-state index in [9.17, 15) is 18.3 Å². The van der Waals surface area contributed by atoms with Crippen LogP contribution in [0.2, 0.25) is 0 Å². The number of carbonyl (C=O) groups is 1. The first kappa shape index (κ1) is 19.5. The van der Waals surface area contributed by atoms with Crippen molar-refractivity contribution in [2.45, 2.75) is 32.7 Å². The van der Waals surface area contributed by atoms with Crippen LogP contribution < -0.4 is 10.0 Å². The summed E-state index contributed by atoms with van der Waals surface area (Å²) in [5.74, 6) is 0.143. The van der Waals surface area contributed by atoms with Gasteiger partial charge < -0.3 is 15.2 Å². The highest BCUT2D eigenvalue weighted by Gasteiger charge is 2.39. The molecule has 0 radical (unpaired) electrons. The quantitative estimate of drug-likeness (QED) is 0.576. The maximum absolute atomic E-state index is 11.8. The average Bonchev–Trinajstić information content (AvgIpc) is 3.27. The Bertz CT molecular complexity index is 722. The van der Waals surface area contributed by atoms with E-state index in [1.165, 1.54) is 19.1 Å². The zero-order valence-corrected chi connectivity index (χ0v) is 15.5. The lowest BCUT2D eigenvalue weighted by atomic mass is 10.1. The molecule has 2 rings (SSSR count). The van der Waals surface area contributed by atoms with E-state index in [1.807, 2.05) is 0 Å². The van der Waals surface area contributed by atoms with Gasteiger partial charge in [-0.15, -0.1) is 0 Å². The van der Waals surface area contributed by atoms with Crippen molar-refractivity contribution >= 4 is 27.6 Å². The number of carboxylic acids is 1. The topological polar surface area (TPSA) is 118 Å². The highest BCUT2D eigenvalue weighted by Crippen LogP contribution is 2.42. The molecule has 1 saturated carbocycles. The largest absolute Gasteiger partial charge is 0.478 e. The number of rotatable bonds is 10. The van der Waals surface area contributed by atoms with Crippen LogP contribution in [0.5, 0.6) is 0 Å². The third-order valence-corrected chi connectivity index (χ3v) is 5.65. The van der Waals surface area contributed by atoms with Gasteiger partial charge in [-0.25, -0.2) is 18.2 Å². The van der Waals surface area contributed by atoms with Crippen molar-refractivity contribution in [2.75, 3.05) is 29.5 Å². The Balaban J connectivity index is 2.25. The van der Waals surface area contributed by atoms with Crippen molar-refractivity contribution in [1.29, 1.82) is 0 Å². The van der Waals surface area contributed by atoms with Crippen LogP contribution in [0.4, 0.5) is 11.6 Å². The third kappa shape index (κ3) is 5.57. The maximum Gasteiger partial charge on any atom is 0.335 e. The van der Waals surface area contributed by atoms with Crippen molar-refractivity contribution in [3.8, 4) is 0 Å². The minimum absolute atomic E-state index is 0.00131. The van der Waals surface area contributed by atoms with Crippen LogP contribution in [-0.4, -0.2) is 50.0 Å². The number of pyridine rings is 1. The summed E-state index contributed by atoms with van der Waals surface area (Å²) in [6.07, 6.45) is 1.86. The second-order valence-electron chi connectivity index (χ2n) is 6.35. The van der Waals surface area contributed by atoms with Crippen LogP contribution in [-0.2, 0) is 14.8 Å². The summed E-state index contributed by atoms with van der Waals surface area (Å²) in [7, 11) is -1.91. The number of methoxy groups -OCH3 is 1.